The molecule has 0 spiro atoms. The number of ether oxygens (including phenoxy) is 1. The van der Waals surface area contributed by atoms with Crippen LogP contribution in [0, 0.1) is 12.8 Å². The zero-order chi connectivity index (χ0) is 18.1. The first kappa shape index (κ1) is 17.3. The molecule has 0 aromatic carbocycles. The summed E-state index contributed by atoms with van der Waals surface area (Å²) < 4.78 is 13.4. The lowest BCUT2D eigenvalue weighted by Gasteiger charge is -2.34. The van der Waals surface area contributed by atoms with Crippen molar-refractivity contribution in [2.75, 3.05) is 13.2 Å². The first-order valence-electron chi connectivity index (χ1n) is 9.48. The van der Waals surface area contributed by atoms with Gasteiger partial charge < -0.3 is 18.6 Å². The normalized spacial score (nSPS) is 20.5. The van der Waals surface area contributed by atoms with Gasteiger partial charge in [-0.3, -0.25) is 4.79 Å². The van der Waals surface area contributed by atoms with Crippen molar-refractivity contribution in [2.45, 2.75) is 58.7 Å². The Balaban J connectivity index is 1.42. The van der Waals surface area contributed by atoms with Crippen LogP contribution in [0.4, 0.5) is 0 Å². The number of amides is 1. The quantitative estimate of drug-likeness (QED) is 0.821. The molecule has 1 aliphatic heterocycles. The molecule has 1 aliphatic carbocycles. The van der Waals surface area contributed by atoms with Gasteiger partial charge in [-0.2, -0.15) is 0 Å². The third-order valence-corrected chi connectivity index (χ3v) is 5.65. The van der Waals surface area contributed by atoms with Gasteiger partial charge >= 0.3 is 0 Å². The molecule has 2 aliphatic rings. The molecule has 7 nitrogen and oxygen atoms in total. The van der Waals surface area contributed by atoms with Crippen LogP contribution in [0.1, 0.15) is 66.4 Å². The summed E-state index contributed by atoms with van der Waals surface area (Å²) in [6.07, 6.45) is 8.45. The highest BCUT2D eigenvalue weighted by molar-refractivity contribution is 5.92. The van der Waals surface area contributed by atoms with Gasteiger partial charge in [-0.25, -0.2) is 9.97 Å². The maximum absolute atomic E-state index is 12.8. The van der Waals surface area contributed by atoms with Gasteiger partial charge in [0.05, 0.1) is 30.2 Å². The van der Waals surface area contributed by atoms with Gasteiger partial charge in [0.25, 0.3) is 5.91 Å². The van der Waals surface area contributed by atoms with Crippen molar-refractivity contribution in [3.05, 3.63) is 35.6 Å². The van der Waals surface area contributed by atoms with Crippen molar-refractivity contribution >= 4 is 5.91 Å². The molecule has 0 N–H and O–H groups in total. The molecule has 1 atom stereocenters. The summed E-state index contributed by atoms with van der Waals surface area (Å²) in [5, 5.41) is 0. The van der Waals surface area contributed by atoms with Crippen LogP contribution in [0.5, 0.6) is 0 Å². The Bertz CT molecular complexity index is 776. The van der Waals surface area contributed by atoms with Gasteiger partial charge in [0.1, 0.15) is 5.82 Å². The number of rotatable bonds is 5. The summed E-state index contributed by atoms with van der Waals surface area (Å²) in [6.45, 7) is 6.56. The number of fused-ring (bicyclic) bond motifs is 1. The Morgan fingerprint density at radius 2 is 2.12 bits per heavy atom. The molecule has 0 bridgehead atoms. The molecule has 0 saturated heterocycles. The predicted molar refractivity (Wildman–Crippen MR) is 94.5 cm³/mol. The van der Waals surface area contributed by atoms with Gasteiger partial charge in [-0.05, 0) is 32.6 Å². The van der Waals surface area contributed by atoms with E-state index >= 15 is 0 Å². The number of hydrogen-bond acceptors (Lipinski definition) is 5. The van der Waals surface area contributed by atoms with Crippen LogP contribution in [-0.4, -0.2) is 38.5 Å². The number of oxazole rings is 1. The molecule has 140 valence electrons. The highest BCUT2D eigenvalue weighted by atomic mass is 16.5. The fourth-order valence-corrected chi connectivity index (χ4v) is 4.10. The summed E-state index contributed by atoms with van der Waals surface area (Å²) in [4.78, 5) is 23.2. The van der Waals surface area contributed by atoms with Crippen molar-refractivity contribution in [3.8, 4) is 0 Å². The smallest absolute Gasteiger partial charge is 0.292 e. The Hall–Kier alpha value is -2.15. The van der Waals surface area contributed by atoms with Crippen LogP contribution in [0.25, 0.3) is 0 Å². The van der Waals surface area contributed by atoms with E-state index in [1.165, 1.54) is 32.1 Å². The van der Waals surface area contributed by atoms with E-state index in [2.05, 4.69) is 14.5 Å². The Morgan fingerprint density at radius 1 is 1.31 bits per heavy atom. The number of aromatic nitrogens is 3. The minimum atomic E-state index is -0.124. The van der Waals surface area contributed by atoms with Crippen molar-refractivity contribution in [3.63, 3.8) is 0 Å². The third kappa shape index (κ3) is 3.16. The fourth-order valence-electron chi connectivity index (χ4n) is 4.10. The lowest BCUT2D eigenvalue weighted by Crippen LogP contribution is -2.41. The summed E-state index contributed by atoms with van der Waals surface area (Å²) in [5.41, 5.74) is 1.71. The SMILES string of the molecule is Cc1ncoc1C(=O)N1CCn2c(COCC3CCCC3)cnc2C1C. The average Bonchev–Trinajstić information content (AvgIpc) is 3.36. The number of aryl methyl sites for hydroxylation is 1. The van der Waals surface area contributed by atoms with Crippen LogP contribution in [0.3, 0.4) is 0 Å². The van der Waals surface area contributed by atoms with E-state index in [0.717, 1.165) is 30.6 Å². The van der Waals surface area contributed by atoms with Gasteiger partial charge in [0, 0.05) is 19.7 Å². The van der Waals surface area contributed by atoms with Crippen LogP contribution >= 0.6 is 0 Å². The highest BCUT2D eigenvalue weighted by Crippen LogP contribution is 2.28. The van der Waals surface area contributed by atoms with E-state index in [1.54, 1.807) is 11.8 Å². The minimum absolute atomic E-state index is 0.107. The summed E-state index contributed by atoms with van der Waals surface area (Å²) in [6, 6.07) is -0.107. The van der Waals surface area contributed by atoms with E-state index in [0.29, 0.717) is 24.6 Å². The van der Waals surface area contributed by atoms with Gasteiger partial charge in [0.2, 0.25) is 5.76 Å². The molecule has 4 rings (SSSR count). The molecule has 2 aromatic heterocycles. The second kappa shape index (κ2) is 7.23. The van der Waals surface area contributed by atoms with Crippen LogP contribution in [-0.2, 0) is 17.9 Å². The summed E-state index contributed by atoms with van der Waals surface area (Å²) >= 11 is 0. The molecule has 26 heavy (non-hydrogen) atoms. The van der Waals surface area contributed by atoms with Gasteiger partial charge in [-0.15, -0.1) is 0 Å². The lowest BCUT2D eigenvalue weighted by molar-refractivity contribution is 0.0587. The predicted octanol–water partition coefficient (Wildman–Crippen LogP) is 3.10. The average molecular weight is 358 g/mol. The third-order valence-electron chi connectivity index (χ3n) is 5.65. The summed E-state index contributed by atoms with van der Waals surface area (Å²) in [5.74, 6) is 1.81. The molecule has 7 heteroatoms. The monoisotopic (exact) mass is 358 g/mol. The largest absolute Gasteiger partial charge is 0.438 e. The Kier molecular flexibility index (Phi) is 4.80. The fraction of sp³-hybridized carbons (Fsp3) is 0.632. The number of imidazole rings is 1. The molecule has 3 heterocycles. The first-order chi connectivity index (χ1) is 12.6. The first-order valence-corrected chi connectivity index (χ1v) is 9.48. The second-order valence-electron chi connectivity index (χ2n) is 7.37. The Labute approximate surface area is 153 Å². The molecular formula is C19H26N4O3. The number of carbonyl (C=O) groups is 1. The topological polar surface area (TPSA) is 73.4 Å². The minimum Gasteiger partial charge on any atom is -0.438 e. The molecule has 1 unspecified atom stereocenters. The standard InChI is InChI=1S/C19H26N4O3/c1-13-17(26-12-21-13)19(24)22-7-8-23-16(9-20-18(23)14(22)2)11-25-10-15-5-3-4-6-15/h9,12,14-15H,3-8,10-11H2,1-2H3. The molecule has 1 fully saturated rings. The van der Waals surface area contributed by atoms with Crippen LogP contribution in [0.2, 0.25) is 0 Å². The lowest BCUT2D eigenvalue weighted by atomic mass is 10.1. The van der Waals surface area contributed by atoms with E-state index in [9.17, 15) is 4.79 Å². The zero-order valence-electron chi connectivity index (χ0n) is 15.5. The Morgan fingerprint density at radius 3 is 2.85 bits per heavy atom. The van der Waals surface area contributed by atoms with Crippen molar-refractivity contribution < 1.29 is 13.9 Å². The van der Waals surface area contributed by atoms with E-state index < -0.39 is 0 Å². The number of hydrogen-bond donors (Lipinski definition) is 0. The number of nitrogens with zero attached hydrogens (tertiary/aromatic N) is 4. The molecule has 1 amide bonds. The maximum Gasteiger partial charge on any atom is 0.292 e. The molecular weight excluding hydrogens is 332 g/mol. The summed E-state index contributed by atoms with van der Waals surface area (Å²) in [7, 11) is 0. The molecule has 1 saturated carbocycles. The maximum atomic E-state index is 12.8. The van der Waals surface area contributed by atoms with Crippen molar-refractivity contribution in [1.29, 1.82) is 0 Å². The molecule has 2 aromatic rings. The van der Waals surface area contributed by atoms with Gasteiger partial charge in [-0.1, -0.05) is 12.8 Å². The molecule has 0 radical (unpaired) electrons. The highest BCUT2D eigenvalue weighted by Gasteiger charge is 2.33. The van der Waals surface area contributed by atoms with Crippen molar-refractivity contribution in [1.82, 2.24) is 19.4 Å². The van der Waals surface area contributed by atoms with E-state index in [4.69, 9.17) is 9.15 Å². The zero-order valence-corrected chi connectivity index (χ0v) is 15.5. The second-order valence-corrected chi connectivity index (χ2v) is 7.37. The van der Waals surface area contributed by atoms with Crippen molar-refractivity contribution in [2.24, 2.45) is 5.92 Å². The van der Waals surface area contributed by atoms with Gasteiger partial charge in [0.15, 0.2) is 6.39 Å². The van der Waals surface area contributed by atoms with E-state index in [1.807, 2.05) is 13.1 Å². The van der Waals surface area contributed by atoms with Crippen LogP contribution in [0.15, 0.2) is 17.0 Å². The number of carbonyl (C=O) groups excluding carboxylic acids is 1. The van der Waals surface area contributed by atoms with E-state index in [-0.39, 0.29) is 11.9 Å². The van der Waals surface area contributed by atoms with Crippen LogP contribution < -0.4 is 0 Å².